The SMILES string of the molecule is c1ccc(-c2ccc(N(c3ccccc3)c3ccc(-c4ccc(Cc5nc(-c6ccccc6)nc(-c6ccccc6)n5)c5c4oc4ccc6ccccc6c45)cc3)cc2)cc1. The molecule has 0 N–H and O–H groups in total. The van der Waals surface area contributed by atoms with Gasteiger partial charge in [-0.1, -0.05) is 176 Å². The van der Waals surface area contributed by atoms with Crippen LogP contribution in [0, 0.1) is 0 Å². The molecule has 0 unspecified atom stereocenters. The van der Waals surface area contributed by atoms with Crippen molar-refractivity contribution in [3.05, 3.63) is 230 Å². The number of para-hydroxylation sites is 1. The van der Waals surface area contributed by atoms with Gasteiger partial charge in [0.2, 0.25) is 0 Å². The van der Waals surface area contributed by atoms with Gasteiger partial charge >= 0.3 is 0 Å². The molecule has 0 saturated carbocycles. The second-order valence-electron chi connectivity index (χ2n) is 15.2. The number of aromatic nitrogens is 3. The summed E-state index contributed by atoms with van der Waals surface area (Å²) in [6, 6.07) is 76.0. The van der Waals surface area contributed by atoms with E-state index in [0.29, 0.717) is 23.9 Å². The Hall–Kier alpha value is -8.15. The molecular formula is C56H38N4O. The quantitative estimate of drug-likeness (QED) is 0.146. The zero-order valence-electron chi connectivity index (χ0n) is 33.2. The zero-order chi connectivity index (χ0) is 40.5. The van der Waals surface area contributed by atoms with Crippen LogP contribution in [0.1, 0.15) is 11.4 Å². The van der Waals surface area contributed by atoms with Crippen LogP contribution in [-0.2, 0) is 6.42 Å². The van der Waals surface area contributed by atoms with E-state index < -0.39 is 0 Å². The Morgan fingerprint density at radius 1 is 0.377 bits per heavy atom. The lowest BCUT2D eigenvalue weighted by molar-refractivity contribution is 0.670. The molecule has 0 fully saturated rings. The van der Waals surface area contributed by atoms with Gasteiger partial charge in [-0.05, 0) is 75.5 Å². The van der Waals surface area contributed by atoms with Crippen LogP contribution in [-0.4, -0.2) is 15.0 Å². The average Bonchev–Trinajstić information content (AvgIpc) is 3.74. The first-order valence-corrected chi connectivity index (χ1v) is 20.6. The maximum atomic E-state index is 6.91. The predicted molar refractivity (Wildman–Crippen MR) is 250 cm³/mol. The van der Waals surface area contributed by atoms with E-state index in [2.05, 4.69) is 163 Å². The first-order valence-electron chi connectivity index (χ1n) is 20.6. The average molecular weight is 783 g/mol. The molecule has 288 valence electrons. The van der Waals surface area contributed by atoms with E-state index in [4.69, 9.17) is 19.4 Å². The second kappa shape index (κ2) is 15.6. The summed E-state index contributed by atoms with van der Waals surface area (Å²) in [5, 5.41) is 4.47. The summed E-state index contributed by atoms with van der Waals surface area (Å²) in [6.45, 7) is 0. The molecule has 0 amide bonds. The number of hydrogen-bond donors (Lipinski definition) is 0. The van der Waals surface area contributed by atoms with Crippen LogP contribution in [0.15, 0.2) is 223 Å². The minimum Gasteiger partial charge on any atom is -0.455 e. The van der Waals surface area contributed by atoms with Crippen molar-refractivity contribution in [2.45, 2.75) is 6.42 Å². The molecule has 0 aliphatic carbocycles. The summed E-state index contributed by atoms with van der Waals surface area (Å²) >= 11 is 0. The Kier molecular flexibility index (Phi) is 9.17. The third-order valence-electron chi connectivity index (χ3n) is 11.4. The van der Waals surface area contributed by atoms with E-state index in [1.807, 2.05) is 60.7 Å². The fraction of sp³-hybridized carbons (Fsp3) is 0.0179. The van der Waals surface area contributed by atoms with E-state index in [9.17, 15) is 0 Å². The molecule has 2 aromatic heterocycles. The third kappa shape index (κ3) is 6.88. The van der Waals surface area contributed by atoms with Crippen molar-refractivity contribution in [1.82, 2.24) is 15.0 Å². The van der Waals surface area contributed by atoms with Gasteiger partial charge in [-0.15, -0.1) is 0 Å². The van der Waals surface area contributed by atoms with Crippen molar-refractivity contribution in [2.75, 3.05) is 4.90 Å². The van der Waals surface area contributed by atoms with Crippen LogP contribution < -0.4 is 4.90 Å². The van der Waals surface area contributed by atoms with Gasteiger partial charge in [0.25, 0.3) is 0 Å². The number of anilines is 3. The van der Waals surface area contributed by atoms with E-state index in [1.54, 1.807) is 0 Å². The van der Waals surface area contributed by atoms with Gasteiger partial charge in [0.1, 0.15) is 17.0 Å². The van der Waals surface area contributed by atoms with Gasteiger partial charge in [-0.2, -0.15) is 0 Å². The van der Waals surface area contributed by atoms with E-state index in [1.165, 1.54) is 11.1 Å². The first-order chi connectivity index (χ1) is 30.2. The van der Waals surface area contributed by atoms with Gasteiger partial charge < -0.3 is 9.32 Å². The van der Waals surface area contributed by atoms with Crippen molar-refractivity contribution in [1.29, 1.82) is 0 Å². The molecular weight excluding hydrogens is 745 g/mol. The number of rotatable bonds is 9. The summed E-state index contributed by atoms with van der Waals surface area (Å²) in [6.07, 6.45) is 0.491. The lowest BCUT2D eigenvalue weighted by Crippen LogP contribution is -2.09. The third-order valence-corrected chi connectivity index (χ3v) is 11.4. The number of hydrogen-bond acceptors (Lipinski definition) is 5. The molecule has 11 rings (SSSR count). The highest BCUT2D eigenvalue weighted by molar-refractivity contribution is 6.21. The summed E-state index contributed by atoms with van der Waals surface area (Å²) in [5.41, 5.74) is 12.4. The van der Waals surface area contributed by atoms with Gasteiger partial charge in [0.15, 0.2) is 11.6 Å². The molecule has 0 aliphatic rings. The topological polar surface area (TPSA) is 55.1 Å². The van der Waals surface area contributed by atoms with Crippen molar-refractivity contribution in [3.63, 3.8) is 0 Å². The Morgan fingerprint density at radius 2 is 0.885 bits per heavy atom. The molecule has 5 heteroatoms. The molecule has 5 nitrogen and oxygen atoms in total. The maximum Gasteiger partial charge on any atom is 0.163 e. The monoisotopic (exact) mass is 782 g/mol. The van der Waals surface area contributed by atoms with Crippen molar-refractivity contribution in [2.24, 2.45) is 0 Å². The summed E-state index contributed by atoms with van der Waals surface area (Å²) in [5.74, 6) is 1.99. The van der Waals surface area contributed by atoms with Crippen molar-refractivity contribution < 1.29 is 4.42 Å². The van der Waals surface area contributed by atoms with E-state index in [-0.39, 0.29) is 0 Å². The molecule has 2 heterocycles. The highest BCUT2D eigenvalue weighted by Crippen LogP contribution is 2.43. The zero-order valence-corrected chi connectivity index (χ0v) is 33.2. The van der Waals surface area contributed by atoms with Crippen LogP contribution in [0.2, 0.25) is 0 Å². The van der Waals surface area contributed by atoms with E-state index in [0.717, 1.165) is 77.6 Å². The fourth-order valence-electron chi connectivity index (χ4n) is 8.43. The normalized spacial score (nSPS) is 11.3. The summed E-state index contributed by atoms with van der Waals surface area (Å²) in [7, 11) is 0. The van der Waals surface area contributed by atoms with Gasteiger partial charge in [0, 0.05) is 50.9 Å². The van der Waals surface area contributed by atoms with Gasteiger partial charge in [-0.3, -0.25) is 0 Å². The Bertz CT molecular complexity index is 3240. The standard InChI is InChI=1S/C56H38N4O/c1-5-15-38(16-6-1)39-25-31-46(32-26-39)60(45-22-11-4-12-23-45)47-33-27-41(28-34-47)49-35-29-44(52-53-48-24-14-13-17-40(48)30-36-50(53)61-54(49)52)37-51-57-55(42-18-7-2-8-19-42)59-56(58-51)43-20-9-3-10-21-43/h1-36H,37H2. The number of benzene rings is 9. The fourth-order valence-corrected chi connectivity index (χ4v) is 8.43. The molecule has 0 bridgehead atoms. The van der Waals surface area contributed by atoms with Crippen LogP contribution >= 0.6 is 0 Å². The Balaban J connectivity index is 1.03. The molecule has 0 atom stereocenters. The molecule has 9 aromatic carbocycles. The highest BCUT2D eigenvalue weighted by Gasteiger charge is 2.21. The predicted octanol–water partition coefficient (Wildman–Crippen LogP) is 14.7. The Morgan fingerprint density at radius 3 is 1.51 bits per heavy atom. The van der Waals surface area contributed by atoms with Crippen molar-refractivity contribution in [3.8, 4) is 45.0 Å². The summed E-state index contributed by atoms with van der Waals surface area (Å²) in [4.78, 5) is 17.4. The number of furan rings is 1. The first kappa shape index (κ1) is 36.0. The molecule has 0 saturated heterocycles. The molecule has 61 heavy (non-hydrogen) atoms. The van der Waals surface area contributed by atoms with E-state index >= 15 is 0 Å². The van der Waals surface area contributed by atoms with Crippen molar-refractivity contribution >= 4 is 49.8 Å². The highest BCUT2D eigenvalue weighted by atomic mass is 16.3. The number of fused-ring (bicyclic) bond motifs is 5. The minimum absolute atomic E-state index is 0.491. The van der Waals surface area contributed by atoms with Crippen LogP contribution in [0.5, 0.6) is 0 Å². The smallest absolute Gasteiger partial charge is 0.163 e. The van der Waals surface area contributed by atoms with Gasteiger partial charge in [-0.25, -0.2) is 15.0 Å². The maximum absolute atomic E-state index is 6.91. The van der Waals surface area contributed by atoms with Crippen LogP contribution in [0.3, 0.4) is 0 Å². The minimum atomic E-state index is 0.491. The molecule has 0 spiro atoms. The lowest BCUT2D eigenvalue weighted by atomic mass is 9.95. The van der Waals surface area contributed by atoms with Gasteiger partial charge in [0.05, 0.1) is 0 Å². The van der Waals surface area contributed by atoms with Crippen LogP contribution in [0.25, 0.3) is 77.7 Å². The number of nitrogens with zero attached hydrogens (tertiary/aromatic N) is 4. The lowest BCUT2D eigenvalue weighted by Gasteiger charge is -2.26. The molecule has 11 aromatic rings. The molecule has 0 radical (unpaired) electrons. The summed E-state index contributed by atoms with van der Waals surface area (Å²) < 4.78 is 6.91. The molecule has 0 aliphatic heterocycles. The van der Waals surface area contributed by atoms with Crippen LogP contribution in [0.4, 0.5) is 17.1 Å². The Labute approximate surface area is 353 Å². The second-order valence-corrected chi connectivity index (χ2v) is 15.2. The largest absolute Gasteiger partial charge is 0.455 e.